The maximum absolute atomic E-state index is 12.3. The lowest BCUT2D eigenvalue weighted by Gasteiger charge is -2.39. The highest BCUT2D eigenvalue weighted by atomic mass is 16.6. The Morgan fingerprint density at radius 2 is 1.89 bits per heavy atom. The van der Waals surface area contributed by atoms with Crippen molar-refractivity contribution in [2.45, 2.75) is 79.8 Å². The Balaban J connectivity index is 2.68. The van der Waals surface area contributed by atoms with Gasteiger partial charge in [-0.05, 0) is 43.9 Å². The summed E-state index contributed by atoms with van der Waals surface area (Å²) in [6.07, 6.45) is 5.81. The molecule has 1 rings (SSSR count). The second-order valence-corrected chi connectivity index (χ2v) is 7.82. The summed E-state index contributed by atoms with van der Waals surface area (Å²) in [7, 11) is 0. The Morgan fingerprint density at radius 1 is 1.32 bits per heavy atom. The zero-order chi connectivity index (χ0) is 14.9. The SMILES string of the molecule is CCCC(C)(C)OC(=O)C1=CCC(C)(C(C)(C)C)C1. The minimum Gasteiger partial charge on any atom is -0.456 e. The smallest absolute Gasteiger partial charge is 0.334 e. The highest BCUT2D eigenvalue weighted by Crippen LogP contribution is 2.50. The van der Waals surface area contributed by atoms with Crippen LogP contribution in [0.5, 0.6) is 0 Å². The molecule has 0 heterocycles. The summed E-state index contributed by atoms with van der Waals surface area (Å²) in [5.74, 6) is -0.119. The molecule has 1 unspecified atom stereocenters. The van der Waals surface area contributed by atoms with Crippen LogP contribution in [0.1, 0.15) is 74.1 Å². The minimum absolute atomic E-state index is 0.119. The van der Waals surface area contributed by atoms with Crippen LogP contribution in [0.3, 0.4) is 0 Å². The van der Waals surface area contributed by atoms with Crippen molar-refractivity contribution in [3.05, 3.63) is 11.6 Å². The van der Waals surface area contributed by atoms with Crippen molar-refractivity contribution in [2.24, 2.45) is 10.8 Å². The zero-order valence-corrected chi connectivity index (χ0v) is 13.7. The summed E-state index contributed by atoms with van der Waals surface area (Å²) in [5, 5.41) is 0. The van der Waals surface area contributed by atoms with E-state index in [9.17, 15) is 4.79 Å². The van der Waals surface area contributed by atoms with Gasteiger partial charge in [-0.1, -0.05) is 47.1 Å². The molecule has 0 aromatic rings. The van der Waals surface area contributed by atoms with Crippen molar-refractivity contribution >= 4 is 5.97 Å². The summed E-state index contributed by atoms with van der Waals surface area (Å²) in [4.78, 5) is 12.3. The molecule has 2 heteroatoms. The molecule has 0 fully saturated rings. The van der Waals surface area contributed by atoms with Gasteiger partial charge in [-0.25, -0.2) is 4.79 Å². The second kappa shape index (κ2) is 5.30. The number of hydrogen-bond donors (Lipinski definition) is 0. The maximum Gasteiger partial charge on any atom is 0.334 e. The highest BCUT2D eigenvalue weighted by Gasteiger charge is 2.42. The average molecular weight is 266 g/mol. The third-order valence-electron chi connectivity index (χ3n) is 4.67. The normalized spacial score (nSPS) is 24.3. The lowest BCUT2D eigenvalue weighted by molar-refractivity contribution is -0.152. The summed E-state index contributed by atoms with van der Waals surface area (Å²) in [6, 6.07) is 0. The number of hydrogen-bond acceptors (Lipinski definition) is 2. The lowest BCUT2D eigenvalue weighted by atomic mass is 9.66. The lowest BCUT2D eigenvalue weighted by Crippen LogP contribution is -2.32. The van der Waals surface area contributed by atoms with Crippen LogP contribution in [0.2, 0.25) is 0 Å². The van der Waals surface area contributed by atoms with E-state index >= 15 is 0 Å². The first-order valence-electron chi connectivity index (χ1n) is 7.43. The first kappa shape index (κ1) is 16.3. The molecule has 0 radical (unpaired) electrons. The largest absolute Gasteiger partial charge is 0.456 e. The summed E-state index contributed by atoms with van der Waals surface area (Å²) in [6.45, 7) is 15.1. The first-order valence-corrected chi connectivity index (χ1v) is 7.43. The topological polar surface area (TPSA) is 26.3 Å². The van der Waals surface area contributed by atoms with Crippen LogP contribution in [0, 0.1) is 10.8 Å². The Morgan fingerprint density at radius 3 is 2.32 bits per heavy atom. The van der Waals surface area contributed by atoms with E-state index in [1.165, 1.54) is 0 Å². The van der Waals surface area contributed by atoms with E-state index in [-0.39, 0.29) is 22.4 Å². The molecule has 0 spiro atoms. The van der Waals surface area contributed by atoms with E-state index in [0.717, 1.165) is 31.3 Å². The summed E-state index contributed by atoms with van der Waals surface area (Å²) >= 11 is 0. The maximum atomic E-state index is 12.3. The van der Waals surface area contributed by atoms with E-state index in [1.807, 2.05) is 13.8 Å². The monoisotopic (exact) mass is 266 g/mol. The third-order valence-corrected chi connectivity index (χ3v) is 4.67. The molecule has 1 aliphatic carbocycles. The van der Waals surface area contributed by atoms with Crippen LogP contribution in [-0.4, -0.2) is 11.6 Å². The van der Waals surface area contributed by atoms with Gasteiger partial charge in [-0.15, -0.1) is 0 Å². The number of allylic oxidation sites excluding steroid dienone is 1. The zero-order valence-electron chi connectivity index (χ0n) is 13.7. The van der Waals surface area contributed by atoms with Crippen LogP contribution in [-0.2, 0) is 9.53 Å². The minimum atomic E-state index is -0.354. The summed E-state index contributed by atoms with van der Waals surface area (Å²) < 4.78 is 5.66. The fourth-order valence-electron chi connectivity index (χ4n) is 2.61. The van der Waals surface area contributed by atoms with Gasteiger partial charge in [0, 0.05) is 5.57 Å². The molecular weight excluding hydrogens is 236 g/mol. The van der Waals surface area contributed by atoms with Crippen LogP contribution in [0.25, 0.3) is 0 Å². The Labute approximate surface area is 118 Å². The molecule has 1 aliphatic rings. The Kier molecular flexibility index (Phi) is 4.54. The fourth-order valence-corrected chi connectivity index (χ4v) is 2.61. The quantitative estimate of drug-likeness (QED) is 0.678. The summed E-state index contributed by atoms with van der Waals surface area (Å²) in [5.41, 5.74) is 0.871. The van der Waals surface area contributed by atoms with Crippen molar-refractivity contribution in [1.29, 1.82) is 0 Å². The van der Waals surface area contributed by atoms with Gasteiger partial charge in [0.15, 0.2) is 0 Å². The number of rotatable bonds is 4. The van der Waals surface area contributed by atoms with E-state index in [4.69, 9.17) is 4.74 Å². The molecule has 0 saturated heterocycles. The van der Waals surface area contributed by atoms with Gasteiger partial charge in [-0.2, -0.15) is 0 Å². The van der Waals surface area contributed by atoms with Gasteiger partial charge in [0.05, 0.1) is 0 Å². The number of carbonyl (C=O) groups is 1. The molecule has 0 aromatic carbocycles. The molecule has 0 amide bonds. The second-order valence-electron chi connectivity index (χ2n) is 7.82. The molecule has 0 aliphatic heterocycles. The highest BCUT2D eigenvalue weighted by molar-refractivity contribution is 5.89. The van der Waals surface area contributed by atoms with Crippen LogP contribution in [0.4, 0.5) is 0 Å². The van der Waals surface area contributed by atoms with Gasteiger partial charge in [0.1, 0.15) is 5.60 Å². The van der Waals surface area contributed by atoms with Gasteiger partial charge < -0.3 is 4.74 Å². The first-order chi connectivity index (χ1) is 8.51. The molecule has 19 heavy (non-hydrogen) atoms. The van der Waals surface area contributed by atoms with Crippen LogP contribution < -0.4 is 0 Å². The number of esters is 1. The van der Waals surface area contributed by atoms with E-state index in [0.29, 0.717) is 0 Å². The average Bonchev–Trinajstić information content (AvgIpc) is 2.60. The molecule has 0 saturated carbocycles. The number of carbonyl (C=O) groups excluding carboxylic acids is 1. The van der Waals surface area contributed by atoms with Crippen molar-refractivity contribution < 1.29 is 9.53 Å². The Bertz CT molecular complexity index is 371. The molecule has 0 bridgehead atoms. The van der Waals surface area contributed by atoms with Gasteiger partial charge in [0.2, 0.25) is 0 Å². The molecular formula is C17H30O2. The molecule has 110 valence electrons. The molecule has 2 nitrogen and oxygen atoms in total. The van der Waals surface area contributed by atoms with Crippen molar-refractivity contribution in [1.82, 2.24) is 0 Å². The standard InChI is InChI=1S/C17H30O2/c1-8-10-16(5,6)19-14(18)13-9-11-17(7,12-13)15(2,3)4/h9H,8,10-12H2,1-7H3. The predicted molar refractivity (Wildman–Crippen MR) is 80.0 cm³/mol. The molecule has 0 aromatic heterocycles. The Hall–Kier alpha value is -0.790. The predicted octanol–water partition coefficient (Wildman–Crippen LogP) is 4.88. The number of ether oxygens (including phenoxy) is 1. The van der Waals surface area contributed by atoms with Crippen molar-refractivity contribution in [3.8, 4) is 0 Å². The van der Waals surface area contributed by atoms with E-state index in [1.54, 1.807) is 0 Å². The van der Waals surface area contributed by atoms with Crippen LogP contribution in [0.15, 0.2) is 11.6 Å². The van der Waals surface area contributed by atoms with Gasteiger partial charge in [-0.3, -0.25) is 0 Å². The van der Waals surface area contributed by atoms with Crippen molar-refractivity contribution in [2.75, 3.05) is 0 Å². The van der Waals surface area contributed by atoms with E-state index < -0.39 is 0 Å². The third kappa shape index (κ3) is 3.84. The fraction of sp³-hybridized carbons (Fsp3) is 0.824. The van der Waals surface area contributed by atoms with E-state index in [2.05, 4.69) is 40.7 Å². The molecule has 1 atom stereocenters. The van der Waals surface area contributed by atoms with Crippen molar-refractivity contribution in [3.63, 3.8) is 0 Å². The molecule has 0 N–H and O–H groups in total. The van der Waals surface area contributed by atoms with Gasteiger partial charge in [0.25, 0.3) is 0 Å². The van der Waals surface area contributed by atoms with Gasteiger partial charge >= 0.3 is 5.97 Å². The van der Waals surface area contributed by atoms with Crippen LogP contribution >= 0.6 is 0 Å².